The molecule has 0 saturated heterocycles. The number of nitrogens with zero attached hydrogens (tertiary/aromatic N) is 2. The molecular formula is C76H48F4N2. The Morgan fingerprint density at radius 3 is 0.829 bits per heavy atom. The number of anilines is 6. The van der Waals surface area contributed by atoms with Gasteiger partial charge in [-0.25, -0.2) is 17.6 Å². The van der Waals surface area contributed by atoms with Gasteiger partial charge in [-0.15, -0.1) is 0 Å². The van der Waals surface area contributed by atoms with Gasteiger partial charge < -0.3 is 9.80 Å². The molecule has 390 valence electrons. The largest absolute Gasteiger partial charge is 0.307 e. The molecule has 0 aromatic heterocycles. The van der Waals surface area contributed by atoms with Crippen LogP contribution in [0.3, 0.4) is 0 Å². The van der Waals surface area contributed by atoms with Crippen LogP contribution in [-0.2, 0) is 0 Å². The zero-order chi connectivity index (χ0) is 55.3. The second-order valence-electron chi connectivity index (χ2n) is 20.6. The van der Waals surface area contributed by atoms with E-state index in [4.69, 9.17) is 0 Å². The van der Waals surface area contributed by atoms with E-state index >= 15 is 17.6 Å². The summed E-state index contributed by atoms with van der Waals surface area (Å²) in [6, 6.07) is 92.6. The highest BCUT2D eigenvalue weighted by atomic mass is 19.1. The summed E-state index contributed by atoms with van der Waals surface area (Å²) in [6.45, 7) is 0. The number of hydrogen-bond donors (Lipinski definition) is 0. The van der Waals surface area contributed by atoms with Gasteiger partial charge in [0.2, 0.25) is 0 Å². The maximum atomic E-state index is 17.6. The lowest BCUT2D eigenvalue weighted by atomic mass is 9.90. The topological polar surface area (TPSA) is 6.48 Å². The van der Waals surface area contributed by atoms with Crippen LogP contribution in [0.1, 0.15) is 0 Å². The van der Waals surface area contributed by atoms with Crippen molar-refractivity contribution in [3.05, 3.63) is 314 Å². The van der Waals surface area contributed by atoms with Crippen LogP contribution in [0.5, 0.6) is 0 Å². The minimum Gasteiger partial charge on any atom is -0.307 e. The molecule has 0 aliphatic rings. The zero-order valence-corrected chi connectivity index (χ0v) is 44.1. The van der Waals surface area contributed by atoms with Crippen molar-refractivity contribution in [2.45, 2.75) is 0 Å². The molecule has 0 N–H and O–H groups in total. The molecule has 0 bridgehead atoms. The van der Waals surface area contributed by atoms with Crippen molar-refractivity contribution in [1.82, 2.24) is 0 Å². The molecular weight excluding hydrogens is 1020 g/mol. The zero-order valence-electron chi connectivity index (χ0n) is 44.1. The van der Waals surface area contributed by atoms with E-state index in [1.165, 1.54) is 12.1 Å². The third-order valence-electron chi connectivity index (χ3n) is 15.5. The first-order valence-electron chi connectivity index (χ1n) is 27.2. The molecule has 0 aliphatic heterocycles. The second-order valence-corrected chi connectivity index (χ2v) is 20.6. The SMILES string of the molecule is Fc1cc(F)c(N(c2ccccc2)c2ccc3ccc4c(N(c5ccccc5)c5c(F)cc(F)cc5-c5cc(-c6ccccc6)cc(-c6ccccc6)c5)ccc5ccc2c3c54)c(-c2cc(-c3ccccc3)cc(-c3ccccc3)c2)c1. The minimum absolute atomic E-state index is 0.175. The fraction of sp³-hybridized carbons (Fsp3) is 0. The quantitative estimate of drug-likeness (QED) is 0.0889. The monoisotopic (exact) mass is 1060 g/mol. The van der Waals surface area contributed by atoms with Crippen LogP contribution < -0.4 is 9.80 Å². The summed E-state index contributed by atoms with van der Waals surface area (Å²) in [6.07, 6.45) is 0. The van der Waals surface area contributed by atoms with E-state index in [1.807, 2.05) is 240 Å². The number of rotatable bonds is 12. The van der Waals surface area contributed by atoms with Crippen molar-refractivity contribution in [1.29, 1.82) is 0 Å². The van der Waals surface area contributed by atoms with Crippen LogP contribution in [0.4, 0.5) is 51.7 Å². The van der Waals surface area contributed by atoms with E-state index in [1.54, 1.807) is 0 Å². The Kier molecular flexibility index (Phi) is 12.7. The molecule has 0 spiro atoms. The smallest absolute Gasteiger partial charge is 0.150 e. The molecule has 6 heteroatoms. The number of hydrogen-bond acceptors (Lipinski definition) is 2. The van der Waals surface area contributed by atoms with Crippen molar-refractivity contribution in [2.24, 2.45) is 0 Å². The van der Waals surface area contributed by atoms with E-state index in [-0.39, 0.29) is 11.4 Å². The predicted molar refractivity (Wildman–Crippen MR) is 332 cm³/mol. The highest BCUT2D eigenvalue weighted by molar-refractivity contribution is 6.28. The summed E-state index contributed by atoms with van der Waals surface area (Å²) < 4.78 is 67.5. The van der Waals surface area contributed by atoms with E-state index in [0.29, 0.717) is 45.0 Å². The third-order valence-corrected chi connectivity index (χ3v) is 15.5. The van der Waals surface area contributed by atoms with E-state index in [9.17, 15) is 0 Å². The molecule has 0 fully saturated rings. The van der Waals surface area contributed by atoms with Gasteiger partial charge >= 0.3 is 0 Å². The van der Waals surface area contributed by atoms with Crippen molar-refractivity contribution in [3.8, 4) is 66.8 Å². The lowest BCUT2D eigenvalue weighted by molar-refractivity contribution is 0.584. The van der Waals surface area contributed by atoms with Crippen molar-refractivity contribution in [3.63, 3.8) is 0 Å². The highest BCUT2D eigenvalue weighted by Crippen LogP contribution is 2.52. The molecule has 0 heterocycles. The molecule has 0 aliphatic carbocycles. The summed E-state index contributed by atoms with van der Waals surface area (Å²) in [5.41, 5.74) is 12.4. The number of benzene rings is 14. The Morgan fingerprint density at radius 1 is 0.232 bits per heavy atom. The van der Waals surface area contributed by atoms with Gasteiger partial charge in [0.1, 0.15) is 11.6 Å². The first kappa shape index (κ1) is 49.7. The summed E-state index contributed by atoms with van der Waals surface area (Å²) in [5, 5.41) is 5.26. The summed E-state index contributed by atoms with van der Waals surface area (Å²) in [7, 11) is 0. The average Bonchev–Trinajstić information content (AvgIpc) is 3.58. The normalized spacial score (nSPS) is 11.4. The Balaban J connectivity index is 0.998. The van der Waals surface area contributed by atoms with Crippen LogP contribution in [-0.4, -0.2) is 0 Å². The maximum absolute atomic E-state index is 17.6. The Morgan fingerprint density at radius 2 is 0.512 bits per heavy atom. The van der Waals surface area contributed by atoms with Gasteiger partial charge in [-0.05, 0) is 162 Å². The van der Waals surface area contributed by atoms with Gasteiger partial charge in [0.15, 0.2) is 11.6 Å². The van der Waals surface area contributed by atoms with Crippen LogP contribution in [0.2, 0.25) is 0 Å². The second kappa shape index (κ2) is 20.9. The molecule has 14 aromatic rings. The molecule has 2 nitrogen and oxygen atoms in total. The number of halogens is 4. The third kappa shape index (κ3) is 9.06. The molecule has 0 saturated carbocycles. The molecule has 0 amide bonds. The van der Waals surface area contributed by atoms with Gasteiger partial charge in [0.25, 0.3) is 0 Å². The van der Waals surface area contributed by atoms with Crippen molar-refractivity contribution in [2.75, 3.05) is 9.80 Å². The highest BCUT2D eigenvalue weighted by Gasteiger charge is 2.29. The molecule has 0 atom stereocenters. The summed E-state index contributed by atoms with van der Waals surface area (Å²) in [5.74, 6) is -2.89. The van der Waals surface area contributed by atoms with Crippen LogP contribution in [0.15, 0.2) is 291 Å². The van der Waals surface area contributed by atoms with Crippen LogP contribution in [0, 0.1) is 23.3 Å². The Labute approximate surface area is 472 Å². The molecule has 0 radical (unpaired) electrons. The van der Waals surface area contributed by atoms with Gasteiger partial charge in [-0.1, -0.05) is 194 Å². The van der Waals surface area contributed by atoms with Gasteiger partial charge in [0.05, 0.1) is 22.7 Å². The van der Waals surface area contributed by atoms with Crippen LogP contribution in [0.25, 0.3) is 99.1 Å². The van der Waals surface area contributed by atoms with E-state index in [0.717, 1.165) is 89.0 Å². The maximum Gasteiger partial charge on any atom is 0.150 e. The van der Waals surface area contributed by atoms with E-state index in [2.05, 4.69) is 36.4 Å². The van der Waals surface area contributed by atoms with Crippen LogP contribution >= 0.6 is 0 Å². The minimum atomic E-state index is -0.737. The molecule has 82 heavy (non-hydrogen) atoms. The predicted octanol–water partition coefficient (Wildman–Crippen LogP) is 22.1. The van der Waals surface area contributed by atoms with Crippen molar-refractivity contribution < 1.29 is 17.6 Å². The molecule has 14 aromatic carbocycles. The van der Waals surface area contributed by atoms with E-state index < -0.39 is 23.3 Å². The van der Waals surface area contributed by atoms with Crippen molar-refractivity contribution >= 4 is 66.4 Å². The first-order chi connectivity index (χ1) is 40.3. The lowest BCUT2D eigenvalue weighted by Crippen LogP contribution is -2.15. The Hall–Kier alpha value is -10.6. The van der Waals surface area contributed by atoms with Gasteiger partial charge in [0, 0.05) is 45.4 Å². The fourth-order valence-electron chi connectivity index (χ4n) is 11.9. The summed E-state index contributed by atoms with van der Waals surface area (Å²) in [4.78, 5) is 3.80. The standard InChI is InChI=1S/C76H48F4N2/c77-61-45-67(59-41-55(49-19-7-1-8-20-49)39-56(42-59)50-21-9-2-10-22-50)75(69(79)47-61)81(63-27-15-5-16-28-63)71-37-33-53-32-36-66-72(38-34-54-31-35-65(71)73(53)74(54)66)82(64-29-17-6-18-30-64)76-68(46-62(78)48-70(76)80)60-43-57(51-23-11-3-12-24-51)40-58(44-60)52-25-13-4-14-26-52/h1-48H. The number of para-hydroxylation sites is 2. The fourth-order valence-corrected chi connectivity index (χ4v) is 11.9. The average molecular weight is 1070 g/mol. The summed E-state index contributed by atoms with van der Waals surface area (Å²) >= 11 is 0. The molecule has 14 rings (SSSR count). The Bertz CT molecular complexity index is 4240. The van der Waals surface area contributed by atoms with Gasteiger partial charge in [-0.3, -0.25) is 0 Å². The van der Waals surface area contributed by atoms with Gasteiger partial charge in [-0.2, -0.15) is 0 Å². The first-order valence-corrected chi connectivity index (χ1v) is 27.2. The molecule has 0 unspecified atom stereocenters. The lowest BCUT2D eigenvalue weighted by Gasteiger charge is -2.31.